The van der Waals surface area contributed by atoms with Crippen LogP contribution in [0.5, 0.6) is 0 Å². The topological polar surface area (TPSA) is 43.6 Å². The molecule has 2 heterocycles. The highest BCUT2D eigenvalue weighted by Gasteiger charge is 2.28. The molecule has 2 saturated carbocycles. The van der Waals surface area contributed by atoms with E-state index in [0.717, 1.165) is 15.9 Å². The summed E-state index contributed by atoms with van der Waals surface area (Å²) in [6, 6.07) is 0.559. The molecule has 2 aliphatic rings. The molecule has 4 rings (SSSR count). The number of hydrogen-bond acceptors (Lipinski definition) is 3. The van der Waals surface area contributed by atoms with E-state index >= 15 is 0 Å². The number of imidazole rings is 1. The van der Waals surface area contributed by atoms with Gasteiger partial charge in [0.25, 0.3) is 0 Å². The first-order valence-corrected chi connectivity index (χ1v) is 8.66. The largest absolute Gasteiger partial charge is 0.325 e. The zero-order valence-electron chi connectivity index (χ0n) is 11.6. The van der Waals surface area contributed by atoms with E-state index in [1.165, 1.54) is 38.5 Å². The molecule has 0 aliphatic heterocycles. The summed E-state index contributed by atoms with van der Waals surface area (Å²) in [4.78, 5) is 13.6. The van der Waals surface area contributed by atoms with Crippen LogP contribution in [0.1, 0.15) is 56.2 Å². The van der Waals surface area contributed by atoms with Gasteiger partial charge in [-0.1, -0.05) is 24.4 Å². The normalized spacial score (nSPS) is 19.3. The van der Waals surface area contributed by atoms with Crippen molar-refractivity contribution in [3.8, 4) is 11.5 Å². The van der Waals surface area contributed by atoms with E-state index in [2.05, 4.69) is 30.5 Å². The van der Waals surface area contributed by atoms with Gasteiger partial charge in [0, 0.05) is 12.0 Å². The Bertz CT molecular complexity index is 674. The summed E-state index contributed by atoms with van der Waals surface area (Å²) in [6.07, 6.45) is 11.1. The third-order valence-corrected chi connectivity index (χ3v) is 5.70. The van der Waals surface area contributed by atoms with Crippen molar-refractivity contribution in [3.63, 3.8) is 0 Å². The Labute approximate surface area is 137 Å². The van der Waals surface area contributed by atoms with Crippen LogP contribution in [-0.4, -0.2) is 19.5 Å². The van der Waals surface area contributed by atoms with Gasteiger partial charge in [-0.05, 0) is 41.6 Å². The van der Waals surface area contributed by atoms with Crippen LogP contribution < -0.4 is 0 Å². The van der Waals surface area contributed by atoms with Crippen molar-refractivity contribution >= 4 is 27.5 Å². The SMILES string of the molecule is Clc1nc(-c2cncn2C2CC2)nc(C2CCCC2)c1Br. The van der Waals surface area contributed by atoms with Gasteiger partial charge in [0.05, 0.1) is 22.7 Å². The first-order valence-electron chi connectivity index (χ1n) is 7.49. The van der Waals surface area contributed by atoms with Gasteiger partial charge in [0.2, 0.25) is 0 Å². The molecule has 0 saturated heterocycles. The molecular formula is C15H16BrClN4. The number of hydrogen-bond donors (Lipinski definition) is 0. The lowest BCUT2D eigenvalue weighted by Crippen LogP contribution is -2.05. The minimum absolute atomic E-state index is 0.496. The van der Waals surface area contributed by atoms with Crippen LogP contribution in [0.25, 0.3) is 11.5 Å². The molecule has 110 valence electrons. The lowest BCUT2D eigenvalue weighted by Gasteiger charge is -2.14. The van der Waals surface area contributed by atoms with E-state index in [1.807, 2.05) is 12.5 Å². The third kappa shape index (κ3) is 2.50. The predicted octanol–water partition coefficient (Wildman–Crippen LogP) is 4.75. The average Bonchev–Trinajstić information content (AvgIpc) is 3.01. The Morgan fingerprint density at radius 2 is 1.90 bits per heavy atom. The summed E-state index contributed by atoms with van der Waals surface area (Å²) in [5, 5.41) is 0.505. The summed E-state index contributed by atoms with van der Waals surface area (Å²) in [5.41, 5.74) is 2.04. The van der Waals surface area contributed by atoms with Crippen LogP contribution in [0.15, 0.2) is 17.0 Å². The first kappa shape index (κ1) is 13.7. The molecule has 0 unspecified atom stereocenters. The van der Waals surface area contributed by atoms with Crippen molar-refractivity contribution in [1.29, 1.82) is 0 Å². The summed E-state index contributed by atoms with van der Waals surface area (Å²) >= 11 is 9.90. The van der Waals surface area contributed by atoms with Crippen molar-refractivity contribution < 1.29 is 0 Å². The zero-order valence-corrected chi connectivity index (χ0v) is 13.9. The lowest BCUT2D eigenvalue weighted by atomic mass is 10.0. The molecule has 0 spiro atoms. The maximum absolute atomic E-state index is 6.33. The van der Waals surface area contributed by atoms with Crippen molar-refractivity contribution in [3.05, 3.63) is 27.8 Å². The summed E-state index contributed by atoms with van der Waals surface area (Å²) in [6.45, 7) is 0. The van der Waals surface area contributed by atoms with Crippen LogP contribution >= 0.6 is 27.5 Å². The monoisotopic (exact) mass is 366 g/mol. The van der Waals surface area contributed by atoms with Crippen LogP contribution in [0.4, 0.5) is 0 Å². The lowest BCUT2D eigenvalue weighted by molar-refractivity contribution is 0.687. The van der Waals surface area contributed by atoms with Crippen LogP contribution in [0.2, 0.25) is 5.15 Å². The van der Waals surface area contributed by atoms with Crippen LogP contribution in [-0.2, 0) is 0 Å². The highest BCUT2D eigenvalue weighted by molar-refractivity contribution is 9.10. The molecule has 0 amide bonds. The second-order valence-corrected chi connectivity index (χ2v) is 7.09. The molecule has 0 atom stereocenters. The van der Waals surface area contributed by atoms with Crippen molar-refractivity contribution in [1.82, 2.24) is 19.5 Å². The van der Waals surface area contributed by atoms with Gasteiger partial charge in [0.15, 0.2) is 5.82 Å². The predicted molar refractivity (Wildman–Crippen MR) is 85.4 cm³/mol. The maximum Gasteiger partial charge on any atom is 0.179 e. The molecular weight excluding hydrogens is 352 g/mol. The number of rotatable bonds is 3. The van der Waals surface area contributed by atoms with E-state index < -0.39 is 0 Å². The van der Waals surface area contributed by atoms with Gasteiger partial charge < -0.3 is 4.57 Å². The average molecular weight is 368 g/mol. The Balaban J connectivity index is 1.79. The first-order chi connectivity index (χ1) is 10.2. The molecule has 4 nitrogen and oxygen atoms in total. The van der Waals surface area contributed by atoms with Gasteiger partial charge in [-0.2, -0.15) is 0 Å². The number of halogens is 2. The summed E-state index contributed by atoms with van der Waals surface area (Å²) < 4.78 is 3.04. The molecule has 2 fully saturated rings. The molecule has 6 heteroatoms. The third-order valence-electron chi connectivity index (χ3n) is 4.41. The van der Waals surface area contributed by atoms with Gasteiger partial charge in [-0.25, -0.2) is 15.0 Å². The Hall–Kier alpha value is -0.940. The van der Waals surface area contributed by atoms with Crippen LogP contribution in [0.3, 0.4) is 0 Å². The maximum atomic E-state index is 6.33. The quantitative estimate of drug-likeness (QED) is 0.735. The smallest absolute Gasteiger partial charge is 0.179 e. The fraction of sp³-hybridized carbons (Fsp3) is 0.533. The zero-order chi connectivity index (χ0) is 14.4. The van der Waals surface area contributed by atoms with E-state index in [-0.39, 0.29) is 0 Å². The second-order valence-electron chi connectivity index (χ2n) is 5.94. The highest BCUT2D eigenvalue weighted by atomic mass is 79.9. The van der Waals surface area contributed by atoms with Gasteiger partial charge in [-0.15, -0.1) is 0 Å². The second kappa shape index (κ2) is 5.36. The molecule has 0 radical (unpaired) electrons. The minimum atomic E-state index is 0.496. The van der Waals surface area contributed by atoms with E-state index in [4.69, 9.17) is 16.6 Å². The van der Waals surface area contributed by atoms with E-state index in [1.54, 1.807) is 0 Å². The Kier molecular flexibility index (Phi) is 3.50. The number of nitrogens with zero attached hydrogens (tertiary/aromatic N) is 4. The highest BCUT2D eigenvalue weighted by Crippen LogP contribution is 2.41. The molecule has 2 aliphatic carbocycles. The van der Waals surface area contributed by atoms with Crippen molar-refractivity contribution in [2.45, 2.75) is 50.5 Å². The molecule has 2 aromatic heterocycles. The van der Waals surface area contributed by atoms with Gasteiger partial charge in [-0.3, -0.25) is 0 Å². The van der Waals surface area contributed by atoms with Crippen molar-refractivity contribution in [2.24, 2.45) is 0 Å². The standard InChI is InChI=1S/C15H16BrClN4/c16-12-13(9-3-1-2-4-9)19-15(20-14(12)17)11-7-18-8-21(11)10-5-6-10/h7-10H,1-6H2. The molecule has 0 bridgehead atoms. The summed E-state index contributed by atoms with van der Waals surface area (Å²) in [5.74, 6) is 1.20. The molecule has 0 N–H and O–H groups in total. The Morgan fingerprint density at radius 3 is 2.62 bits per heavy atom. The van der Waals surface area contributed by atoms with Crippen molar-refractivity contribution in [2.75, 3.05) is 0 Å². The van der Waals surface area contributed by atoms with Gasteiger partial charge >= 0.3 is 0 Å². The Morgan fingerprint density at radius 1 is 1.14 bits per heavy atom. The molecule has 2 aromatic rings. The van der Waals surface area contributed by atoms with E-state index in [9.17, 15) is 0 Å². The summed E-state index contributed by atoms with van der Waals surface area (Å²) in [7, 11) is 0. The van der Waals surface area contributed by atoms with Gasteiger partial charge in [0.1, 0.15) is 10.8 Å². The fourth-order valence-corrected chi connectivity index (χ4v) is 3.82. The van der Waals surface area contributed by atoms with E-state index in [0.29, 0.717) is 22.9 Å². The molecule has 0 aromatic carbocycles. The fourth-order valence-electron chi connectivity index (χ4n) is 3.14. The number of aromatic nitrogens is 4. The minimum Gasteiger partial charge on any atom is -0.325 e. The van der Waals surface area contributed by atoms with Crippen LogP contribution in [0, 0.1) is 0 Å². The molecule has 21 heavy (non-hydrogen) atoms.